The third kappa shape index (κ3) is 4.20. The second kappa shape index (κ2) is 9.60. The molecule has 3 aromatic carbocycles. The van der Waals surface area contributed by atoms with Crippen molar-refractivity contribution in [2.45, 2.75) is 52.5 Å². The maximum Gasteiger partial charge on any atom is 0.343 e. The molecule has 2 heterocycles. The van der Waals surface area contributed by atoms with E-state index in [1.165, 1.54) is 11.3 Å². The number of benzene rings is 3. The molecular formula is C32H33N3O3. The van der Waals surface area contributed by atoms with Crippen molar-refractivity contribution in [3.05, 3.63) is 95.1 Å². The summed E-state index contributed by atoms with van der Waals surface area (Å²) in [5.74, 6) is -0.929. The van der Waals surface area contributed by atoms with Crippen molar-refractivity contribution in [1.29, 1.82) is 0 Å². The number of hydrogen-bond acceptors (Lipinski definition) is 4. The Kier molecular flexibility index (Phi) is 6.43. The van der Waals surface area contributed by atoms with Crippen LogP contribution in [0.2, 0.25) is 0 Å². The van der Waals surface area contributed by atoms with E-state index >= 15 is 0 Å². The van der Waals surface area contributed by atoms with Crippen molar-refractivity contribution in [3.63, 3.8) is 0 Å². The molecule has 1 saturated heterocycles. The van der Waals surface area contributed by atoms with Gasteiger partial charge in [-0.2, -0.15) is 0 Å². The number of rotatable bonds is 4. The largest absolute Gasteiger partial charge is 0.366 e. The minimum atomic E-state index is -0.689. The van der Waals surface area contributed by atoms with Crippen molar-refractivity contribution < 1.29 is 14.4 Å². The predicted octanol–water partition coefficient (Wildman–Crippen LogP) is 6.69. The van der Waals surface area contributed by atoms with Crippen LogP contribution in [0.5, 0.6) is 0 Å². The van der Waals surface area contributed by atoms with Gasteiger partial charge in [0.2, 0.25) is 0 Å². The van der Waals surface area contributed by atoms with Gasteiger partial charge in [-0.3, -0.25) is 9.59 Å². The van der Waals surface area contributed by atoms with E-state index in [0.717, 1.165) is 33.9 Å². The Morgan fingerprint density at radius 1 is 0.868 bits per heavy atom. The van der Waals surface area contributed by atoms with Gasteiger partial charge in [0.15, 0.2) is 0 Å². The first kappa shape index (κ1) is 25.5. The van der Waals surface area contributed by atoms with E-state index in [-0.39, 0.29) is 11.1 Å². The van der Waals surface area contributed by atoms with Crippen LogP contribution in [-0.4, -0.2) is 29.9 Å². The molecule has 0 aliphatic carbocycles. The monoisotopic (exact) mass is 507 g/mol. The number of carbonyl (C=O) groups is 3. The molecule has 4 amide bonds. The summed E-state index contributed by atoms with van der Waals surface area (Å²) in [5, 5.41) is 0. The van der Waals surface area contributed by atoms with Crippen molar-refractivity contribution in [3.8, 4) is 0 Å². The molecule has 2 aliphatic heterocycles. The summed E-state index contributed by atoms with van der Waals surface area (Å²) in [4.78, 5) is 45.7. The molecule has 1 fully saturated rings. The lowest BCUT2D eigenvalue weighted by molar-refractivity contribution is -0.121. The Bertz CT molecular complexity index is 1380. The summed E-state index contributed by atoms with van der Waals surface area (Å²) in [6, 6.07) is 21.0. The predicted molar refractivity (Wildman–Crippen MR) is 153 cm³/mol. The maximum atomic E-state index is 13.8. The van der Waals surface area contributed by atoms with Gasteiger partial charge in [0.05, 0.1) is 11.4 Å². The molecule has 6 heteroatoms. The molecule has 1 atom stereocenters. The van der Waals surface area contributed by atoms with E-state index in [0.29, 0.717) is 17.3 Å². The summed E-state index contributed by atoms with van der Waals surface area (Å²) in [7, 11) is 0. The minimum Gasteiger partial charge on any atom is -0.366 e. The van der Waals surface area contributed by atoms with Crippen LogP contribution in [0.25, 0.3) is 6.08 Å². The van der Waals surface area contributed by atoms with E-state index in [1.54, 1.807) is 54.6 Å². The summed E-state index contributed by atoms with van der Waals surface area (Å²) >= 11 is 0. The summed E-state index contributed by atoms with van der Waals surface area (Å²) in [6.07, 6.45) is 2.66. The number of para-hydroxylation sites is 2. The third-order valence-electron chi connectivity index (χ3n) is 7.67. The van der Waals surface area contributed by atoms with Crippen molar-refractivity contribution in [2.75, 3.05) is 21.2 Å². The Morgan fingerprint density at radius 2 is 1.39 bits per heavy atom. The molecule has 0 radical (unpaired) electrons. The van der Waals surface area contributed by atoms with Gasteiger partial charge in [-0.15, -0.1) is 0 Å². The highest BCUT2D eigenvalue weighted by Crippen LogP contribution is 2.44. The second-order valence-corrected chi connectivity index (χ2v) is 10.7. The van der Waals surface area contributed by atoms with E-state index in [2.05, 4.69) is 44.7 Å². The standard InChI is InChI=1S/C32H33N3O3/c1-6-33-28-17-21(2)23(18-26(28)22(3)20-32(33,4)5)19-27-29(36)34(24-13-9-7-10-14-24)31(38)35(30(27)37)25-15-11-8-12-16-25/h7-19,22H,6,20H2,1-5H3. The molecule has 0 spiro atoms. The van der Waals surface area contributed by atoms with Crippen LogP contribution in [0.3, 0.4) is 0 Å². The topological polar surface area (TPSA) is 60.9 Å². The Labute approximate surface area is 224 Å². The quantitative estimate of drug-likeness (QED) is 0.292. The highest BCUT2D eigenvalue weighted by molar-refractivity contribution is 6.46. The number of aryl methyl sites for hydroxylation is 1. The molecule has 3 aromatic rings. The normalized spacial score (nSPS) is 19.1. The van der Waals surface area contributed by atoms with Gasteiger partial charge in [0, 0.05) is 17.8 Å². The summed E-state index contributed by atoms with van der Waals surface area (Å²) < 4.78 is 0. The molecule has 6 nitrogen and oxygen atoms in total. The number of hydrogen-bond donors (Lipinski definition) is 0. The van der Waals surface area contributed by atoms with Crippen molar-refractivity contribution >= 4 is 41.0 Å². The maximum absolute atomic E-state index is 13.8. The van der Waals surface area contributed by atoms with Gasteiger partial charge in [0.1, 0.15) is 5.57 Å². The van der Waals surface area contributed by atoms with Gasteiger partial charge in [-0.1, -0.05) is 43.3 Å². The Balaban J connectivity index is 1.66. The molecule has 1 unspecified atom stereocenters. The van der Waals surface area contributed by atoms with E-state index in [1.807, 2.05) is 19.1 Å². The van der Waals surface area contributed by atoms with E-state index in [4.69, 9.17) is 0 Å². The highest BCUT2D eigenvalue weighted by Gasteiger charge is 2.44. The smallest absolute Gasteiger partial charge is 0.343 e. The van der Waals surface area contributed by atoms with Crippen LogP contribution >= 0.6 is 0 Å². The molecule has 0 saturated carbocycles. The number of carbonyl (C=O) groups excluding carboxylic acids is 3. The molecule has 38 heavy (non-hydrogen) atoms. The highest BCUT2D eigenvalue weighted by atomic mass is 16.2. The van der Waals surface area contributed by atoms with E-state index < -0.39 is 17.8 Å². The zero-order chi connectivity index (χ0) is 27.2. The van der Waals surface area contributed by atoms with Crippen molar-refractivity contribution in [2.24, 2.45) is 0 Å². The fourth-order valence-corrected chi connectivity index (χ4v) is 5.90. The lowest BCUT2D eigenvalue weighted by atomic mass is 9.79. The van der Waals surface area contributed by atoms with Gasteiger partial charge in [0.25, 0.3) is 11.8 Å². The Hall–Kier alpha value is -4.19. The van der Waals surface area contributed by atoms with Gasteiger partial charge >= 0.3 is 6.03 Å². The summed E-state index contributed by atoms with van der Waals surface area (Å²) in [6.45, 7) is 11.8. The van der Waals surface area contributed by atoms with Crippen LogP contribution in [0.4, 0.5) is 21.9 Å². The number of urea groups is 1. The molecule has 2 aliphatic rings. The number of fused-ring (bicyclic) bond motifs is 1. The van der Waals surface area contributed by atoms with Crippen LogP contribution in [-0.2, 0) is 9.59 Å². The number of anilines is 3. The number of amides is 4. The average molecular weight is 508 g/mol. The lowest BCUT2D eigenvalue weighted by Crippen LogP contribution is -2.57. The molecule has 0 bridgehead atoms. The summed E-state index contributed by atoms with van der Waals surface area (Å²) in [5.41, 5.74) is 5.00. The zero-order valence-corrected chi connectivity index (χ0v) is 22.6. The van der Waals surface area contributed by atoms with Gasteiger partial charge in [-0.25, -0.2) is 14.6 Å². The molecule has 5 rings (SSSR count). The number of barbiturate groups is 1. The fourth-order valence-electron chi connectivity index (χ4n) is 5.90. The zero-order valence-electron chi connectivity index (χ0n) is 22.6. The molecule has 0 N–H and O–H groups in total. The van der Waals surface area contributed by atoms with Crippen LogP contribution in [0.1, 0.15) is 56.7 Å². The fraction of sp³-hybridized carbons (Fsp3) is 0.281. The first-order valence-corrected chi connectivity index (χ1v) is 13.1. The van der Waals surface area contributed by atoms with Crippen LogP contribution in [0, 0.1) is 6.92 Å². The first-order valence-electron chi connectivity index (χ1n) is 13.1. The SMILES string of the molecule is CCN1c2cc(C)c(C=C3C(=O)N(c4ccccc4)C(=O)N(c4ccccc4)C3=O)cc2C(C)CC1(C)C. The average Bonchev–Trinajstić information content (AvgIpc) is 2.88. The van der Waals surface area contributed by atoms with Crippen LogP contribution in [0.15, 0.2) is 78.4 Å². The Morgan fingerprint density at radius 3 is 1.89 bits per heavy atom. The van der Waals surface area contributed by atoms with Crippen molar-refractivity contribution in [1.82, 2.24) is 0 Å². The third-order valence-corrected chi connectivity index (χ3v) is 7.67. The van der Waals surface area contributed by atoms with Gasteiger partial charge in [-0.05, 0) is 99.2 Å². The molecular weight excluding hydrogens is 474 g/mol. The number of nitrogens with zero attached hydrogens (tertiary/aromatic N) is 3. The van der Waals surface area contributed by atoms with Gasteiger partial charge < -0.3 is 4.90 Å². The molecule has 0 aromatic heterocycles. The number of imide groups is 2. The minimum absolute atomic E-state index is 0.0373. The first-order chi connectivity index (χ1) is 18.1. The van der Waals surface area contributed by atoms with E-state index in [9.17, 15) is 14.4 Å². The van der Waals surface area contributed by atoms with Crippen LogP contribution < -0.4 is 14.7 Å². The lowest BCUT2D eigenvalue weighted by Gasteiger charge is -2.47. The molecule has 194 valence electrons. The second-order valence-electron chi connectivity index (χ2n) is 10.7.